The average Bonchev–Trinajstić information content (AvgIpc) is 1.91. The van der Waals surface area contributed by atoms with Crippen LogP contribution in [0, 0.1) is 0 Å². The Labute approximate surface area is 58.6 Å². The molecule has 1 unspecified atom stereocenters. The number of piperidine rings is 1. The molecular formula is C6H14NOP. The first kappa shape index (κ1) is 7.46. The topological polar surface area (TPSA) is 21.3 Å². The highest BCUT2D eigenvalue weighted by atomic mass is 31.0. The van der Waals surface area contributed by atoms with Gasteiger partial charge in [0.15, 0.2) is 0 Å². The van der Waals surface area contributed by atoms with Gasteiger partial charge in [0.1, 0.15) is 0 Å². The predicted octanol–water partition coefficient (Wildman–Crippen LogP) is 0.935. The third kappa shape index (κ3) is 2.61. The monoisotopic (exact) mass is 147 g/mol. The fourth-order valence-electron chi connectivity index (χ4n) is 1.18. The summed E-state index contributed by atoms with van der Waals surface area (Å²) in [4.78, 5) is 0. The van der Waals surface area contributed by atoms with Crippen LogP contribution in [0.5, 0.6) is 0 Å². The number of nitrogens with one attached hydrogen (secondary N) is 1. The second kappa shape index (κ2) is 4.21. The highest BCUT2D eigenvalue weighted by molar-refractivity contribution is 7.09. The summed E-state index contributed by atoms with van der Waals surface area (Å²) in [6.07, 6.45) is 3.95. The number of rotatable bonds is 2. The molecule has 1 fully saturated rings. The molecule has 1 heterocycles. The molecule has 2 nitrogen and oxygen atoms in total. The van der Waals surface area contributed by atoms with Crippen molar-refractivity contribution < 1.29 is 4.52 Å². The van der Waals surface area contributed by atoms with Gasteiger partial charge in [-0.2, -0.15) is 0 Å². The zero-order chi connectivity index (χ0) is 6.53. The Kier molecular flexibility index (Phi) is 3.49. The molecule has 0 aromatic carbocycles. The summed E-state index contributed by atoms with van der Waals surface area (Å²) in [6, 6.07) is 0.608. The third-order valence-corrected chi connectivity index (χ3v) is 1.90. The average molecular weight is 147 g/mol. The molecule has 0 aromatic rings. The summed E-state index contributed by atoms with van der Waals surface area (Å²) in [6.45, 7) is 2.00. The minimum Gasteiger partial charge on any atom is -0.364 e. The van der Waals surface area contributed by atoms with Crippen LogP contribution in [0.15, 0.2) is 0 Å². The Morgan fingerprint density at radius 1 is 1.56 bits per heavy atom. The molecule has 9 heavy (non-hydrogen) atoms. The maximum absolute atomic E-state index is 4.94. The molecule has 0 bridgehead atoms. The molecule has 1 saturated heterocycles. The van der Waals surface area contributed by atoms with E-state index in [1.807, 2.05) is 0 Å². The Balaban J connectivity index is 2.08. The van der Waals surface area contributed by atoms with Crippen LogP contribution < -0.4 is 5.32 Å². The van der Waals surface area contributed by atoms with Gasteiger partial charge in [-0.1, -0.05) is 6.42 Å². The molecule has 2 atom stereocenters. The zero-order valence-electron chi connectivity index (χ0n) is 5.60. The molecule has 1 aliphatic heterocycles. The molecule has 0 aromatic heterocycles. The summed E-state index contributed by atoms with van der Waals surface area (Å²) in [5, 5.41) is 3.38. The predicted molar refractivity (Wildman–Crippen MR) is 41.3 cm³/mol. The summed E-state index contributed by atoms with van der Waals surface area (Å²) in [5.41, 5.74) is 0. The van der Waals surface area contributed by atoms with Crippen LogP contribution in [0.2, 0.25) is 0 Å². The molecule has 0 spiro atoms. The Bertz CT molecular complexity index is 70.7. The number of hydrogen-bond donors (Lipinski definition) is 1. The first-order chi connectivity index (χ1) is 4.43. The molecule has 54 valence electrons. The van der Waals surface area contributed by atoms with Gasteiger partial charge >= 0.3 is 0 Å². The molecule has 0 saturated carbocycles. The van der Waals surface area contributed by atoms with E-state index in [-0.39, 0.29) is 0 Å². The van der Waals surface area contributed by atoms with Crippen molar-refractivity contribution in [2.75, 3.05) is 13.2 Å². The zero-order valence-corrected chi connectivity index (χ0v) is 6.75. The molecule has 0 aliphatic carbocycles. The van der Waals surface area contributed by atoms with Crippen molar-refractivity contribution in [3.63, 3.8) is 0 Å². The van der Waals surface area contributed by atoms with Gasteiger partial charge in [0.05, 0.1) is 6.61 Å². The van der Waals surface area contributed by atoms with Gasteiger partial charge in [0.25, 0.3) is 0 Å². The summed E-state index contributed by atoms with van der Waals surface area (Å²) in [7, 11) is 2.29. The van der Waals surface area contributed by atoms with E-state index in [0.29, 0.717) is 6.04 Å². The second-order valence-electron chi connectivity index (χ2n) is 2.48. The van der Waals surface area contributed by atoms with Gasteiger partial charge in [-0.15, -0.1) is 0 Å². The first-order valence-corrected chi connectivity index (χ1v) is 3.95. The van der Waals surface area contributed by atoms with Gasteiger partial charge in [0.2, 0.25) is 0 Å². The van der Waals surface area contributed by atoms with Crippen LogP contribution >= 0.6 is 9.47 Å². The van der Waals surface area contributed by atoms with Crippen molar-refractivity contribution >= 4 is 9.47 Å². The van der Waals surface area contributed by atoms with Crippen LogP contribution in [-0.2, 0) is 4.52 Å². The van der Waals surface area contributed by atoms with E-state index in [2.05, 4.69) is 14.8 Å². The molecule has 0 amide bonds. The SMILES string of the molecule is POC[C@@H]1CCCCN1. The highest BCUT2D eigenvalue weighted by Gasteiger charge is 2.10. The summed E-state index contributed by atoms with van der Waals surface area (Å²) >= 11 is 0. The fourth-order valence-corrected chi connectivity index (χ4v) is 1.41. The first-order valence-electron chi connectivity index (χ1n) is 3.48. The summed E-state index contributed by atoms with van der Waals surface area (Å²) in [5.74, 6) is 0. The van der Waals surface area contributed by atoms with Crippen LogP contribution in [0.3, 0.4) is 0 Å². The molecule has 1 aliphatic rings. The second-order valence-corrected chi connectivity index (χ2v) is 2.81. The minimum atomic E-state index is 0.608. The molecule has 0 radical (unpaired) electrons. The normalized spacial score (nSPS) is 28.3. The van der Waals surface area contributed by atoms with E-state index in [4.69, 9.17) is 4.52 Å². The van der Waals surface area contributed by atoms with Gasteiger partial charge in [-0.25, -0.2) is 0 Å². The van der Waals surface area contributed by atoms with Crippen molar-refractivity contribution in [3.05, 3.63) is 0 Å². The van der Waals surface area contributed by atoms with Gasteiger partial charge in [-0.05, 0) is 19.4 Å². The Morgan fingerprint density at radius 2 is 2.44 bits per heavy atom. The lowest BCUT2D eigenvalue weighted by atomic mass is 10.1. The fraction of sp³-hybridized carbons (Fsp3) is 1.00. The van der Waals surface area contributed by atoms with E-state index in [0.717, 1.165) is 6.61 Å². The summed E-state index contributed by atoms with van der Waals surface area (Å²) < 4.78 is 4.94. The maximum Gasteiger partial charge on any atom is 0.0655 e. The minimum absolute atomic E-state index is 0.608. The molecule has 1 N–H and O–H groups in total. The standard InChI is InChI=1S/C6H14NOP/c9-8-5-6-3-1-2-4-7-6/h6-7H,1-5,9H2/t6-/m0/s1. The van der Waals surface area contributed by atoms with E-state index in [1.165, 1.54) is 25.8 Å². The Morgan fingerprint density at radius 3 is 3.00 bits per heavy atom. The molecule has 1 rings (SSSR count). The lowest BCUT2D eigenvalue weighted by Crippen LogP contribution is -2.36. The quantitative estimate of drug-likeness (QED) is 0.587. The van der Waals surface area contributed by atoms with Crippen molar-refractivity contribution in [1.29, 1.82) is 0 Å². The van der Waals surface area contributed by atoms with Crippen molar-refractivity contribution in [1.82, 2.24) is 5.32 Å². The smallest absolute Gasteiger partial charge is 0.0655 e. The van der Waals surface area contributed by atoms with Gasteiger partial charge in [-0.3, -0.25) is 0 Å². The lowest BCUT2D eigenvalue weighted by molar-refractivity contribution is 0.268. The van der Waals surface area contributed by atoms with Crippen molar-refractivity contribution in [2.24, 2.45) is 0 Å². The van der Waals surface area contributed by atoms with Gasteiger partial charge in [0, 0.05) is 15.5 Å². The van der Waals surface area contributed by atoms with E-state index in [9.17, 15) is 0 Å². The van der Waals surface area contributed by atoms with E-state index in [1.54, 1.807) is 0 Å². The highest BCUT2D eigenvalue weighted by Crippen LogP contribution is 2.07. The number of hydrogen-bond acceptors (Lipinski definition) is 2. The van der Waals surface area contributed by atoms with E-state index >= 15 is 0 Å². The van der Waals surface area contributed by atoms with E-state index < -0.39 is 0 Å². The lowest BCUT2D eigenvalue weighted by Gasteiger charge is -2.21. The maximum atomic E-state index is 4.94. The molecule has 3 heteroatoms. The Hall–Kier alpha value is 0.350. The van der Waals surface area contributed by atoms with Crippen LogP contribution in [-0.4, -0.2) is 19.2 Å². The van der Waals surface area contributed by atoms with Crippen LogP contribution in [0.4, 0.5) is 0 Å². The molecular weight excluding hydrogens is 133 g/mol. The third-order valence-electron chi connectivity index (χ3n) is 1.71. The van der Waals surface area contributed by atoms with Gasteiger partial charge < -0.3 is 9.84 Å². The van der Waals surface area contributed by atoms with Crippen LogP contribution in [0.25, 0.3) is 0 Å². The van der Waals surface area contributed by atoms with Crippen molar-refractivity contribution in [3.8, 4) is 0 Å². The van der Waals surface area contributed by atoms with Crippen molar-refractivity contribution in [2.45, 2.75) is 25.3 Å². The van der Waals surface area contributed by atoms with Crippen LogP contribution in [0.1, 0.15) is 19.3 Å². The largest absolute Gasteiger partial charge is 0.364 e.